The third kappa shape index (κ3) is 5.10. The van der Waals surface area contributed by atoms with Crippen molar-refractivity contribution in [3.8, 4) is 11.6 Å². The highest BCUT2D eigenvalue weighted by atomic mass is 16.5. The van der Waals surface area contributed by atoms with Crippen molar-refractivity contribution in [1.29, 1.82) is 0 Å². The quantitative estimate of drug-likeness (QED) is 0.700. The van der Waals surface area contributed by atoms with Crippen LogP contribution in [0.2, 0.25) is 0 Å². The zero-order valence-electron chi connectivity index (χ0n) is 17.1. The van der Waals surface area contributed by atoms with Crippen LogP contribution in [0, 0.1) is 20.8 Å². The van der Waals surface area contributed by atoms with E-state index < -0.39 is 6.10 Å². The van der Waals surface area contributed by atoms with Gasteiger partial charge in [0.25, 0.3) is 11.5 Å². The van der Waals surface area contributed by atoms with E-state index in [1.165, 1.54) is 22.4 Å². The predicted molar refractivity (Wildman–Crippen MR) is 112 cm³/mol. The Labute approximate surface area is 170 Å². The van der Waals surface area contributed by atoms with Crippen LogP contribution in [0.3, 0.4) is 0 Å². The molecule has 0 unspecified atom stereocenters. The first-order valence-corrected chi connectivity index (χ1v) is 9.51. The van der Waals surface area contributed by atoms with Gasteiger partial charge >= 0.3 is 0 Å². The molecule has 1 N–H and O–H groups in total. The topological polar surface area (TPSA) is 73.2 Å². The van der Waals surface area contributed by atoms with Crippen molar-refractivity contribution in [2.24, 2.45) is 0 Å². The minimum atomic E-state index is -0.751. The third-order valence-electron chi connectivity index (χ3n) is 4.76. The van der Waals surface area contributed by atoms with Crippen molar-refractivity contribution in [3.05, 3.63) is 87.2 Å². The Hall–Kier alpha value is -3.41. The van der Waals surface area contributed by atoms with Gasteiger partial charge in [-0.2, -0.15) is 4.68 Å². The van der Waals surface area contributed by atoms with Crippen molar-refractivity contribution >= 4 is 5.91 Å². The third-order valence-corrected chi connectivity index (χ3v) is 4.76. The van der Waals surface area contributed by atoms with Crippen molar-refractivity contribution in [1.82, 2.24) is 15.1 Å². The summed E-state index contributed by atoms with van der Waals surface area (Å²) in [5.74, 6) is -0.0443. The van der Waals surface area contributed by atoms with E-state index in [-0.39, 0.29) is 17.3 Å². The van der Waals surface area contributed by atoms with Gasteiger partial charge in [-0.15, -0.1) is 5.10 Å². The van der Waals surface area contributed by atoms with E-state index in [1.54, 1.807) is 6.92 Å². The Balaban J connectivity index is 1.69. The first-order chi connectivity index (χ1) is 13.8. The lowest BCUT2D eigenvalue weighted by molar-refractivity contribution is -0.127. The lowest BCUT2D eigenvalue weighted by Crippen LogP contribution is -2.36. The monoisotopic (exact) mass is 391 g/mol. The molecule has 2 aromatic carbocycles. The van der Waals surface area contributed by atoms with Crippen molar-refractivity contribution in [2.45, 2.75) is 40.3 Å². The van der Waals surface area contributed by atoms with Crippen LogP contribution in [0.25, 0.3) is 5.69 Å². The summed E-state index contributed by atoms with van der Waals surface area (Å²) in [4.78, 5) is 24.6. The van der Waals surface area contributed by atoms with Crippen molar-refractivity contribution in [3.63, 3.8) is 0 Å². The van der Waals surface area contributed by atoms with Crippen LogP contribution < -0.4 is 15.6 Å². The van der Waals surface area contributed by atoms with Crippen molar-refractivity contribution in [2.75, 3.05) is 0 Å². The van der Waals surface area contributed by atoms with E-state index in [4.69, 9.17) is 4.74 Å². The first-order valence-electron chi connectivity index (χ1n) is 9.51. The molecule has 0 saturated heterocycles. The first kappa shape index (κ1) is 20.3. The second kappa shape index (κ2) is 8.73. The standard InChI is InChI=1S/C23H25N3O3/c1-15-5-8-19(9-6-15)14-24-23(28)18(4)29-21-11-12-22(27)26(25-21)20-10-7-16(2)17(3)13-20/h5-13,18H,14H2,1-4H3,(H,24,28)/t18-/m0/s1. The molecule has 0 radical (unpaired) electrons. The number of ether oxygens (including phenoxy) is 1. The Morgan fingerprint density at radius 1 is 1.03 bits per heavy atom. The Bertz CT molecular complexity index is 1070. The fraction of sp³-hybridized carbons (Fsp3) is 0.261. The Kier molecular flexibility index (Phi) is 6.12. The molecular weight excluding hydrogens is 366 g/mol. The molecule has 0 bridgehead atoms. The predicted octanol–water partition coefficient (Wildman–Crippen LogP) is 3.24. The highest BCUT2D eigenvalue weighted by molar-refractivity contribution is 5.80. The molecule has 1 amide bonds. The van der Waals surface area contributed by atoms with Crippen LogP contribution in [0.1, 0.15) is 29.2 Å². The number of aryl methyl sites for hydroxylation is 3. The maximum absolute atomic E-state index is 12.4. The minimum Gasteiger partial charge on any atom is -0.464 e. The largest absolute Gasteiger partial charge is 0.464 e. The maximum Gasteiger partial charge on any atom is 0.271 e. The molecule has 150 valence electrons. The number of hydrogen-bond donors (Lipinski definition) is 1. The number of amides is 1. The summed E-state index contributed by atoms with van der Waals surface area (Å²) >= 11 is 0. The zero-order chi connectivity index (χ0) is 21.0. The summed E-state index contributed by atoms with van der Waals surface area (Å²) in [5.41, 5.74) is 4.76. The average Bonchev–Trinajstić information content (AvgIpc) is 2.71. The molecule has 1 heterocycles. The van der Waals surface area contributed by atoms with E-state index in [1.807, 2.05) is 63.2 Å². The number of aromatic nitrogens is 2. The summed E-state index contributed by atoms with van der Waals surface area (Å²) in [6.45, 7) is 8.07. The summed E-state index contributed by atoms with van der Waals surface area (Å²) < 4.78 is 6.95. The van der Waals surface area contributed by atoms with Crippen LogP contribution in [-0.4, -0.2) is 21.8 Å². The molecule has 0 aliphatic carbocycles. The number of nitrogens with zero attached hydrogens (tertiary/aromatic N) is 2. The number of carbonyl (C=O) groups excluding carboxylic acids is 1. The summed E-state index contributed by atoms with van der Waals surface area (Å²) in [5, 5.41) is 7.12. The van der Waals surface area contributed by atoms with Crippen LogP contribution in [0.15, 0.2) is 59.4 Å². The molecule has 0 saturated carbocycles. The molecule has 29 heavy (non-hydrogen) atoms. The van der Waals surface area contributed by atoms with Crippen LogP contribution in [0.4, 0.5) is 0 Å². The highest BCUT2D eigenvalue weighted by Gasteiger charge is 2.16. The summed E-state index contributed by atoms with van der Waals surface area (Å²) in [6, 6.07) is 16.5. The number of benzene rings is 2. The number of nitrogens with one attached hydrogen (secondary N) is 1. The van der Waals surface area contributed by atoms with E-state index in [9.17, 15) is 9.59 Å². The Morgan fingerprint density at radius 3 is 2.45 bits per heavy atom. The molecule has 1 aromatic heterocycles. The lowest BCUT2D eigenvalue weighted by Gasteiger charge is -2.15. The summed E-state index contributed by atoms with van der Waals surface area (Å²) in [6.07, 6.45) is -0.751. The van der Waals surface area contributed by atoms with Crippen molar-refractivity contribution < 1.29 is 9.53 Å². The zero-order valence-corrected chi connectivity index (χ0v) is 17.1. The molecule has 1 atom stereocenters. The molecule has 0 fully saturated rings. The Morgan fingerprint density at radius 2 is 1.76 bits per heavy atom. The normalized spacial score (nSPS) is 11.7. The van der Waals surface area contributed by atoms with E-state index in [0.717, 1.165) is 16.7 Å². The van der Waals surface area contributed by atoms with E-state index >= 15 is 0 Å². The van der Waals surface area contributed by atoms with Gasteiger partial charge in [0, 0.05) is 18.7 Å². The molecular formula is C23H25N3O3. The van der Waals surface area contributed by atoms with Gasteiger partial charge < -0.3 is 10.1 Å². The molecule has 0 aliphatic heterocycles. The SMILES string of the molecule is Cc1ccc(CNC(=O)[C@H](C)Oc2ccc(=O)n(-c3ccc(C)c(C)c3)n2)cc1. The molecule has 3 rings (SSSR count). The van der Waals surface area contributed by atoms with Gasteiger partial charge in [-0.3, -0.25) is 9.59 Å². The van der Waals surface area contributed by atoms with Gasteiger partial charge in [0.2, 0.25) is 5.88 Å². The summed E-state index contributed by atoms with van der Waals surface area (Å²) in [7, 11) is 0. The van der Waals surface area contributed by atoms with Crippen LogP contribution in [0.5, 0.6) is 5.88 Å². The molecule has 0 aliphatic rings. The van der Waals surface area contributed by atoms with Crippen LogP contribution >= 0.6 is 0 Å². The molecule has 6 heteroatoms. The van der Waals surface area contributed by atoms with E-state index in [0.29, 0.717) is 12.2 Å². The molecule has 3 aromatic rings. The van der Waals surface area contributed by atoms with Gasteiger partial charge in [0.1, 0.15) is 0 Å². The molecule has 0 spiro atoms. The fourth-order valence-corrected chi connectivity index (χ4v) is 2.77. The maximum atomic E-state index is 12.4. The number of hydrogen-bond acceptors (Lipinski definition) is 4. The second-order valence-corrected chi connectivity index (χ2v) is 7.15. The van der Waals surface area contributed by atoms with Gasteiger partial charge in [0.05, 0.1) is 5.69 Å². The van der Waals surface area contributed by atoms with Gasteiger partial charge in [-0.05, 0) is 56.5 Å². The van der Waals surface area contributed by atoms with E-state index in [2.05, 4.69) is 10.4 Å². The highest BCUT2D eigenvalue weighted by Crippen LogP contribution is 2.14. The lowest BCUT2D eigenvalue weighted by atomic mass is 10.1. The van der Waals surface area contributed by atoms with Gasteiger partial charge in [0.15, 0.2) is 6.10 Å². The second-order valence-electron chi connectivity index (χ2n) is 7.15. The molecule has 6 nitrogen and oxygen atoms in total. The van der Waals surface area contributed by atoms with Gasteiger partial charge in [-0.1, -0.05) is 35.9 Å². The van der Waals surface area contributed by atoms with Crippen LogP contribution in [-0.2, 0) is 11.3 Å². The smallest absolute Gasteiger partial charge is 0.271 e. The van der Waals surface area contributed by atoms with Gasteiger partial charge in [-0.25, -0.2) is 0 Å². The fourth-order valence-electron chi connectivity index (χ4n) is 2.77. The number of carbonyl (C=O) groups is 1. The number of rotatable bonds is 6. The average molecular weight is 391 g/mol. The minimum absolute atomic E-state index is 0.209.